The molecule has 0 aliphatic heterocycles. The molecule has 78 valence electrons. The van der Waals surface area contributed by atoms with Gasteiger partial charge in [-0.25, -0.2) is 0 Å². The fraction of sp³-hybridized carbons (Fsp3) is 0.556. The van der Waals surface area contributed by atoms with Crippen LogP contribution in [0.1, 0.15) is 26.2 Å². The molecule has 0 saturated carbocycles. The molecule has 0 aliphatic rings. The van der Waals surface area contributed by atoms with Crippen LogP contribution in [0.2, 0.25) is 0 Å². The van der Waals surface area contributed by atoms with E-state index >= 15 is 0 Å². The molecule has 0 aromatic carbocycles. The van der Waals surface area contributed by atoms with E-state index < -0.39 is 0 Å². The minimum Gasteiger partial charge on any atom is -0.268 e. The Morgan fingerprint density at radius 1 is 1.36 bits per heavy atom. The highest BCUT2D eigenvalue weighted by Crippen LogP contribution is 2.04. The minimum absolute atomic E-state index is 0.175. The summed E-state index contributed by atoms with van der Waals surface area (Å²) in [5.74, 6) is 0.855. The lowest BCUT2D eigenvalue weighted by molar-refractivity contribution is 0.774. The van der Waals surface area contributed by atoms with Crippen LogP contribution in [-0.2, 0) is 0 Å². The van der Waals surface area contributed by atoms with Gasteiger partial charge in [0.2, 0.25) is 0 Å². The van der Waals surface area contributed by atoms with Crippen molar-refractivity contribution in [2.45, 2.75) is 26.2 Å². The van der Waals surface area contributed by atoms with E-state index in [1.54, 1.807) is 0 Å². The summed E-state index contributed by atoms with van der Waals surface area (Å²) in [7, 11) is 0. The quantitative estimate of drug-likeness (QED) is 0.750. The fourth-order valence-corrected chi connectivity index (χ4v) is 1.87. The highest BCUT2D eigenvalue weighted by Gasteiger charge is 1.96. The van der Waals surface area contributed by atoms with Gasteiger partial charge in [-0.1, -0.05) is 19.8 Å². The Labute approximate surface area is 86.5 Å². The number of hydrogen-bond donors (Lipinski definition) is 1. The van der Waals surface area contributed by atoms with Gasteiger partial charge in [0.25, 0.3) is 11.1 Å². The van der Waals surface area contributed by atoms with Crippen LogP contribution < -0.4 is 11.1 Å². The summed E-state index contributed by atoms with van der Waals surface area (Å²) in [4.78, 5) is 22.1. The maximum absolute atomic E-state index is 11.2. The van der Waals surface area contributed by atoms with Crippen LogP contribution in [0.25, 0.3) is 0 Å². The van der Waals surface area contributed by atoms with E-state index in [1.165, 1.54) is 28.2 Å². The summed E-state index contributed by atoms with van der Waals surface area (Å²) < 4.78 is 1.29. The smallest absolute Gasteiger partial charge is 0.268 e. The first kappa shape index (κ1) is 11.1. The van der Waals surface area contributed by atoms with Crippen LogP contribution in [0.5, 0.6) is 0 Å². The molecule has 14 heavy (non-hydrogen) atoms. The molecule has 1 aromatic heterocycles. The van der Waals surface area contributed by atoms with Crippen LogP contribution in [0, 0.1) is 0 Å². The Morgan fingerprint density at radius 3 is 2.86 bits per heavy atom. The van der Waals surface area contributed by atoms with Crippen LogP contribution >= 0.6 is 11.9 Å². The van der Waals surface area contributed by atoms with Gasteiger partial charge in [-0.15, -0.1) is 0 Å². The normalized spacial score (nSPS) is 10.4. The molecule has 1 N–H and O–H groups in total. The van der Waals surface area contributed by atoms with E-state index in [0.29, 0.717) is 0 Å². The maximum atomic E-state index is 11.2. The zero-order chi connectivity index (χ0) is 10.4. The summed E-state index contributed by atoms with van der Waals surface area (Å²) in [6, 6.07) is 2.52. The second-order valence-electron chi connectivity index (χ2n) is 2.98. The Bertz CT molecular complexity index is 383. The number of nitrogens with zero attached hydrogens (tertiary/aromatic N) is 1. The number of nitrogens with one attached hydrogen (secondary N) is 1. The van der Waals surface area contributed by atoms with E-state index in [2.05, 4.69) is 12.0 Å². The van der Waals surface area contributed by atoms with Gasteiger partial charge >= 0.3 is 0 Å². The van der Waals surface area contributed by atoms with E-state index in [4.69, 9.17) is 0 Å². The van der Waals surface area contributed by atoms with Gasteiger partial charge in [-0.2, -0.15) is 4.09 Å². The molecule has 1 aromatic rings. The zero-order valence-electron chi connectivity index (χ0n) is 8.16. The van der Waals surface area contributed by atoms with Crippen LogP contribution in [-0.4, -0.2) is 14.9 Å². The van der Waals surface area contributed by atoms with Crippen LogP contribution in [0.15, 0.2) is 21.7 Å². The Kier molecular flexibility index (Phi) is 4.52. The monoisotopic (exact) mass is 214 g/mol. The standard InChI is InChI=1S/C9H14N2O2S/c1-2-3-4-7-14-11-9(13)6-5-8(12)10-11/h5-6H,2-4,7H2,1H3,(H,10,12). The molecule has 1 heterocycles. The van der Waals surface area contributed by atoms with Crippen molar-refractivity contribution in [1.29, 1.82) is 0 Å². The van der Waals surface area contributed by atoms with E-state index in [-0.39, 0.29) is 11.1 Å². The summed E-state index contributed by atoms with van der Waals surface area (Å²) in [5, 5.41) is 2.46. The maximum Gasteiger partial charge on any atom is 0.275 e. The largest absolute Gasteiger partial charge is 0.275 e. The van der Waals surface area contributed by atoms with Gasteiger partial charge in [-0.3, -0.25) is 14.7 Å². The van der Waals surface area contributed by atoms with Gasteiger partial charge in [0.1, 0.15) is 0 Å². The lowest BCUT2D eigenvalue weighted by atomic mass is 10.3. The predicted octanol–water partition coefficient (Wildman–Crippen LogP) is 1.22. The van der Waals surface area contributed by atoms with Crippen molar-refractivity contribution in [3.05, 3.63) is 32.8 Å². The van der Waals surface area contributed by atoms with E-state index in [0.717, 1.165) is 25.0 Å². The molecule has 0 radical (unpaired) electrons. The lowest BCUT2D eigenvalue weighted by Crippen LogP contribution is -2.24. The number of aromatic amines is 1. The first-order valence-electron chi connectivity index (χ1n) is 4.69. The van der Waals surface area contributed by atoms with Gasteiger partial charge < -0.3 is 0 Å². The third-order valence-electron chi connectivity index (χ3n) is 1.76. The van der Waals surface area contributed by atoms with Crippen molar-refractivity contribution in [2.75, 3.05) is 5.75 Å². The molecule has 0 aliphatic carbocycles. The molecule has 0 bridgehead atoms. The second kappa shape index (κ2) is 5.70. The lowest BCUT2D eigenvalue weighted by Gasteiger charge is -2.02. The topological polar surface area (TPSA) is 54.9 Å². The van der Waals surface area contributed by atoms with E-state index in [1.807, 2.05) is 0 Å². The molecular weight excluding hydrogens is 200 g/mol. The second-order valence-corrected chi connectivity index (χ2v) is 4.01. The Hall–Kier alpha value is -0.970. The number of unbranched alkanes of at least 4 members (excludes halogenated alkanes) is 2. The molecule has 0 amide bonds. The van der Waals surface area contributed by atoms with E-state index in [9.17, 15) is 9.59 Å². The third kappa shape index (κ3) is 3.41. The molecule has 0 fully saturated rings. The zero-order valence-corrected chi connectivity index (χ0v) is 8.97. The number of H-pyrrole nitrogens is 1. The third-order valence-corrected chi connectivity index (χ3v) is 2.76. The molecule has 0 spiro atoms. The summed E-state index contributed by atoms with van der Waals surface area (Å²) >= 11 is 1.35. The Morgan fingerprint density at radius 2 is 2.14 bits per heavy atom. The fourth-order valence-electron chi connectivity index (χ4n) is 1.01. The first-order valence-corrected chi connectivity index (χ1v) is 5.64. The summed E-state index contributed by atoms with van der Waals surface area (Å²) in [5.41, 5.74) is -0.418. The van der Waals surface area contributed by atoms with Gasteiger partial charge in [-0.05, 0) is 18.4 Å². The van der Waals surface area contributed by atoms with Crippen molar-refractivity contribution in [2.24, 2.45) is 0 Å². The minimum atomic E-state index is -0.243. The molecular formula is C9H14N2O2S. The van der Waals surface area contributed by atoms with Gasteiger partial charge in [0.15, 0.2) is 0 Å². The van der Waals surface area contributed by atoms with Crippen LogP contribution in [0.4, 0.5) is 0 Å². The van der Waals surface area contributed by atoms with Crippen molar-refractivity contribution >= 4 is 11.9 Å². The average molecular weight is 214 g/mol. The van der Waals surface area contributed by atoms with Gasteiger partial charge in [0.05, 0.1) is 0 Å². The molecule has 1 rings (SSSR count). The SMILES string of the molecule is CCCCCSn1[nH]c(=O)ccc1=O. The molecule has 0 atom stereocenters. The molecule has 0 saturated heterocycles. The molecule has 5 heteroatoms. The van der Waals surface area contributed by atoms with Crippen molar-refractivity contribution in [3.63, 3.8) is 0 Å². The van der Waals surface area contributed by atoms with Gasteiger partial charge in [0, 0.05) is 17.9 Å². The molecule has 4 nitrogen and oxygen atoms in total. The Balaban J connectivity index is 2.54. The molecule has 0 unspecified atom stereocenters. The van der Waals surface area contributed by atoms with Crippen molar-refractivity contribution in [3.8, 4) is 0 Å². The number of rotatable bonds is 5. The first-order chi connectivity index (χ1) is 6.74. The van der Waals surface area contributed by atoms with Crippen LogP contribution in [0.3, 0.4) is 0 Å². The van der Waals surface area contributed by atoms with Crippen molar-refractivity contribution < 1.29 is 0 Å². The highest BCUT2D eigenvalue weighted by molar-refractivity contribution is 7.97. The van der Waals surface area contributed by atoms with Crippen molar-refractivity contribution in [1.82, 2.24) is 9.19 Å². The summed E-state index contributed by atoms with van der Waals surface area (Å²) in [6.45, 7) is 2.13. The average Bonchev–Trinajstić information content (AvgIpc) is 2.18. The number of aromatic nitrogens is 2. The predicted molar refractivity (Wildman–Crippen MR) is 58.7 cm³/mol. The number of hydrogen-bond acceptors (Lipinski definition) is 3. The highest BCUT2D eigenvalue weighted by atomic mass is 32.2. The summed E-state index contributed by atoms with van der Waals surface area (Å²) in [6.07, 6.45) is 3.37.